The van der Waals surface area contributed by atoms with E-state index in [-0.39, 0.29) is 18.3 Å². The zero-order chi connectivity index (χ0) is 13.8. The van der Waals surface area contributed by atoms with E-state index in [4.69, 9.17) is 10.9 Å². The summed E-state index contributed by atoms with van der Waals surface area (Å²) in [6.07, 6.45) is -3.03. The molecule has 1 aromatic rings. The Morgan fingerprint density at radius 3 is 2.67 bits per heavy atom. The first-order valence-electron chi connectivity index (χ1n) is 5.10. The molecular weight excluding hydrogens is 251 g/mol. The molecule has 0 bridgehead atoms. The van der Waals surface area contributed by atoms with Crippen LogP contribution in [-0.4, -0.2) is 40.9 Å². The minimum Gasteiger partial charge on any atom is -0.395 e. The van der Waals surface area contributed by atoms with Gasteiger partial charge in [-0.1, -0.05) is 0 Å². The summed E-state index contributed by atoms with van der Waals surface area (Å²) in [5.41, 5.74) is 2.63. The van der Waals surface area contributed by atoms with Crippen LogP contribution in [-0.2, 0) is 0 Å². The predicted octanol–water partition coefficient (Wildman–Crippen LogP) is 0.432. The molecule has 102 valence electrons. The molecule has 0 amide bonds. The van der Waals surface area contributed by atoms with Gasteiger partial charge in [0.2, 0.25) is 5.95 Å². The zero-order valence-corrected chi connectivity index (χ0v) is 9.70. The number of anilines is 2. The van der Waals surface area contributed by atoms with Gasteiger partial charge in [0, 0.05) is 18.3 Å². The van der Waals surface area contributed by atoms with E-state index in [2.05, 4.69) is 15.4 Å². The number of nitrogens with zero attached hydrogens (tertiary/aromatic N) is 3. The molecule has 18 heavy (non-hydrogen) atoms. The molecule has 0 saturated heterocycles. The number of hydrazine groups is 1. The number of aliphatic hydroxyl groups excluding tert-OH is 1. The van der Waals surface area contributed by atoms with E-state index in [1.165, 1.54) is 6.20 Å². The van der Waals surface area contributed by atoms with Gasteiger partial charge in [0.05, 0.1) is 6.61 Å². The third-order valence-corrected chi connectivity index (χ3v) is 2.11. The summed E-state index contributed by atoms with van der Waals surface area (Å²) in [5.74, 6) is 5.21. The zero-order valence-electron chi connectivity index (χ0n) is 9.70. The molecule has 0 atom stereocenters. The Kier molecular flexibility index (Phi) is 4.68. The minimum atomic E-state index is -4.39. The van der Waals surface area contributed by atoms with E-state index in [0.717, 1.165) is 4.90 Å². The predicted molar refractivity (Wildman–Crippen MR) is 59.9 cm³/mol. The van der Waals surface area contributed by atoms with Crippen molar-refractivity contribution in [1.82, 2.24) is 9.97 Å². The second-order valence-electron chi connectivity index (χ2n) is 3.60. The monoisotopic (exact) mass is 265 g/mol. The maximum Gasteiger partial charge on any atom is 0.405 e. The highest BCUT2D eigenvalue weighted by atomic mass is 19.4. The second-order valence-corrected chi connectivity index (χ2v) is 3.60. The Hall–Kier alpha value is -1.61. The Morgan fingerprint density at radius 1 is 1.50 bits per heavy atom. The third kappa shape index (κ3) is 4.00. The molecule has 1 rings (SSSR count). The molecule has 0 radical (unpaired) electrons. The lowest BCUT2D eigenvalue weighted by atomic mass is 10.3. The second kappa shape index (κ2) is 5.83. The standard InChI is InChI=1S/C9H14F3N5O/c1-6-4-14-8(16-13)15-7(6)17(2-3-18)5-9(10,11)12/h4,18H,2-3,5,13H2,1H3,(H,14,15,16). The normalized spacial score (nSPS) is 11.4. The average molecular weight is 265 g/mol. The molecule has 0 fully saturated rings. The van der Waals surface area contributed by atoms with E-state index in [1.807, 2.05) is 0 Å². The van der Waals surface area contributed by atoms with Crippen molar-refractivity contribution in [2.24, 2.45) is 5.84 Å². The van der Waals surface area contributed by atoms with Crippen LogP contribution in [0.3, 0.4) is 0 Å². The van der Waals surface area contributed by atoms with E-state index < -0.39 is 19.3 Å². The molecule has 0 spiro atoms. The number of nitrogens with two attached hydrogens (primary N) is 1. The first kappa shape index (κ1) is 14.5. The molecule has 0 aliphatic rings. The number of alkyl halides is 3. The summed E-state index contributed by atoms with van der Waals surface area (Å²) in [5, 5.41) is 8.82. The molecule has 6 nitrogen and oxygen atoms in total. The van der Waals surface area contributed by atoms with Gasteiger partial charge >= 0.3 is 6.18 Å². The highest BCUT2D eigenvalue weighted by molar-refractivity contribution is 5.48. The third-order valence-electron chi connectivity index (χ3n) is 2.11. The van der Waals surface area contributed by atoms with Crippen LogP contribution in [0, 0.1) is 6.92 Å². The lowest BCUT2D eigenvalue weighted by molar-refractivity contribution is -0.120. The van der Waals surface area contributed by atoms with Crippen LogP contribution in [0.25, 0.3) is 0 Å². The van der Waals surface area contributed by atoms with Crippen molar-refractivity contribution < 1.29 is 18.3 Å². The summed E-state index contributed by atoms with van der Waals surface area (Å²) in [4.78, 5) is 8.57. The fourth-order valence-corrected chi connectivity index (χ4v) is 1.42. The van der Waals surface area contributed by atoms with E-state index in [9.17, 15) is 13.2 Å². The van der Waals surface area contributed by atoms with Gasteiger partial charge in [-0.3, -0.25) is 5.43 Å². The molecule has 9 heteroatoms. The highest BCUT2D eigenvalue weighted by Crippen LogP contribution is 2.23. The number of nitrogens with one attached hydrogen (secondary N) is 1. The smallest absolute Gasteiger partial charge is 0.395 e. The summed E-state index contributed by atoms with van der Waals surface area (Å²) >= 11 is 0. The van der Waals surface area contributed by atoms with Gasteiger partial charge in [-0.15, -0.1) is 0 Å². The number of nitrogen functional groups attached to an aromatic ring is 1. The van der Waals surface area contributed by atoms with Crippen molar-refractivity contribution in [2.45, 2.75) is 13.1 Å². The number of aromatic nitrogens is 2. The van der Waals surface area contributed by atoms with Gasteiger partial charge in [0.25, 0.3) is 0 Å². The number of rotatable bonds is 5. The van der Waals surface area contributed by atoms with Crippen molar-refractivity contribution in [1.29, 1.82) is 0 Å². The Bertz CT molecular complexity index is 398. The molecule has 0 unspecified atom stereocenters. The summed E-state index contributed by atoms with van der Waals surface area (Å²) in [6, 6.07) is 0. The molecular formula is C9H14F3N5O. The maximum absolute atomic E-state index is 12.4. The largest absolute Gasteiger partial charge is 0.405 e. The first-order valence-corrected chi connectivity index (χ1v) is 5.10. The van der Waals surface area contributed by atoms with Crippen LogP contribution in [0.4, 0.5) is 24.9 Å². The van der Waals surface area contributed by atoms with Crippen LogP contribution in [0.2, 0.25) is 0 Å². The molecule has 0 aliphatic carbocycles. The van der Waals surface area contributed by atoms with Crippen LogP contribution >= 0.6 is 0 Å². The van der Waals surface area contributed by atoms with Gasteiger partial charge in [0.15, 0.2) is 0 Å². The number of aryl methyl sites for hydroxylation is 1. The van der Waals surface area contributed by atoms with E-state index >= 15 is 0 Å². The molecule has 1 heterocycles. The number of hydrogen-bond donors (Lipinski definition) is 3. The SMILES string of the molecule is Cc1cnc(NN)nc1N(CCO)CC(F)(F)F. The van der Waals surface area contributed by atoms with Crippen LogP contribution in [0.1, 0.15) is 5.56 Å². The van der Waals surface area contributed by atoms with Gasteiger partial charge in [-0.25, -0.2) is 10.8 Å². The van der Waals surface area contributed by atoms with Gasteiger partial charge in [0.1, 0.15) is 12.4 Å². The van der Waals surface area contributed by atoms with Crippen LogP contribution in [0.5, 0.6) is 0 Å². The number of aliphatic hydroxyl groups is 1. The van der Waals surface area contributed by atoms with Gasteiger partial charge in [-0.05, 0) is 6.92 Å². The minimum absolute atomic E-state index is 0.0146. The summed E-state index contributed by atoms with van der Waals surface area (Å²) in [6.45, 7) is -0.210. The Labute approximate surface area is 102 Å². The summed E-state index contributed by atoms with van der Waals surface area (Å²) < 4.78 is 37.3. The van der Waals surface area contributed by atoms with Gasteiger partial charge in [-0.2, -0.15) is 18.2 Å². The fraction of sp³-hybridized carbons (Fsp3) is 0.556. The molecule has 0 saturated carbocycles. The Morgan fingerprint density at radius 2 is 2.17 bits per heavy atom. The average Bonchev–Trinajstić information content (AvgIpc) is 2.27. The molecule has 0 aromatic carbocycles. The van der Waals surface area contributed by atoms with Crippen molar-refractivity contribution in [2.75, 3.05) is 30.0 Å². The number of halogens is 3. The molecule has 4 N–H and O–H groups in total. The van der Waals surface area contributed by atoms with Crippen molar-refractivity contribution in [3.05, 3.63) is 11.8 Å². The topological polar surface area (TPSA) is 87.3 Å². The van der Waals surface area contributed by atoms with Crippen molar-refractivity contribution in [3.63, 3.8) is 0 Å². The van der Waals surface area contributed by atoms with E-state index in [1.54, 1.807) is 6.92 Å². The Balaban J connectivity index is 3.04. The van der Waals surface area contributed by atoms with Crippen molar-refractivity contribution >= 4 is 11.8 Å². The maximum atomic E-state index is 12.4. The molecule has 0 aliphatic heterocycles. The van der Waals surface area contributed by atoms with Crippen molar-refractivity contribution in [3.8, 4) is 0 Å². The number of hydrogen-bond acceptors (Lipinski definition) is 6. The first-order chi connectivity index (χ1) is 8.37. The van der Waals surface area contributed by atoms with E-state index in [0.29, 0.717) is 5.56 Å². The molecule has 1 aromatic heterocycles. The quantitative estimate of drug-likeness (QED) is 0.528. The fourth-order valence-electron chi connectivity index (χ4n) is 1.42. The lowest BCUT2D eigenvalue weighted by Crippen LogP contribution is -2.37. The van der Waals surface area contributed by atoms with Crippen LogP contribution < -0.4 is 16.2 Å². The van der Waals surface area contributed by atoms with Crippen LogP contribution in [0.15, 0.2) is 6.20 Å². The lowest BCUT2D eigenvalue weighted by Gasteiger charge is -2.25. The highest BCUT2D eigenvalue weighted by Gasteiger charge is 2.31. The van der Waals surface area contributed by atoms with Gasteiger partial charge < -0.3 is 10.0 Å². The summed E-state index contributed by atoms with van der Waals surface area (Å²) in [7, 11) is 0.